The van der Waals surface area contributed by atoms with Crippen molar-refractivity contribution in [1.82, 2.24) is 0 Å². The first-order chi connectivity index (χ1) is 8.19. The number of hydrogen-bond acceptors (Lipinski definition) is 2. The van der Waals surface area contributed by atoms with Gasteiger partial charge in [-0.2, -0.15) is 0 Å². The van der Waals surface area contributed by atoms with E-state index in [-0.39, 0.29) is 18.1 Å². The summed E-state index contributed by atoms with van der Waals surface area (Å²) in [5, 5.41) is 20.9. The van der Waals surface area contributed by atoms with Gasteiger partial charge in [0.15, 0.2) is 0 Å². The Morgan fingerprint density at radius 2 is 1.47 bits per heavy atom. The maximum absolute atomic E-state index is 10.5. The smallest absolute Gasteiger partial charge is 0.0624 e. The normalized spacial score (nSPS) is 45.9. The minimum absolute atomic E-state index is 0.178. The second-order valence-electron chi connectivity index (χ2n) is 6.23. The van der Waals surface area contributed by atoms with Crippen LogP contribution < -0.4 is 0 Å². The van der Waals surface area contributed by atoms with Gasteiger partial charge in [0, 0.05) is 5.92 Å². The first-order valence-corrected chi connectivity index (χ1v) is 7.55. The highest BCUT2D eigenvalue weighted by atomic mass is 16.3. The fourth-order valence-corrected chi connectivity index (χ4v) is 4.33. The first kappa shape index (κ1) is 13.4. The van der Waals surface area contributed by atoms with Gasteiger partial charge in [-0.1, -0.05) is 26.7 Å². The number of rotatable bonds is 4. The minimum atomic E-state index is -0.245. The average molecular weight is 240 g/mol. The quantitative estimate of drug-likeness (QED) is 0.793. The summed E-state index contributed by atoms with van der Waals surface area (Å²) in [6, 6.07) is 0. The van der Waals surface area contributed by atoms with E-state index in [1.807, 2.05) is 0 Å². The van der Waals surface area contributed by atoms with Gasteiger partial charge in [0.25, 0.3) is 0 Å². The fraction of sp³-hybridized carbons (Fsp3) is 1.00. The van der Waals surface area contributed by atoms with E-state index in [9.17, 15) is 10.2 Å². The molecule has 0 aromatic heterocycles. The molecular weight excluding hydrogens is 212 g/mol. The van der Waals surface area contributed by atoms with Crippen molar-refractivity contribution in [2.45, 2.75) is 71.0 Å². The van der Waals surface area contributed by atoms with E-state index in [0.717, 1.165) is 32.1 Å². The topological polar surface area (TPSA) is 40.5 Å². The molecule has 2 rings (SSSR count). The summed E-state index contributed by atoms with van der Waals surface area (Å²) in [5.74, 6) is 1.66. The van der Waals surface area contributed by atoms with Gasteiger partial charge in [0.2, 0.25) is 0 Å². The predicted molar refractivity (Wildman–Crippen MR) is 69.6 cm³/mol. The number of hydrogen-bond donors (Lipinski definition) is 2. The van der Waals surface area contributed by atoms with Gasteiger partial charge in [0.05, 0.1) is 12.2 Å². The summed E-state index contributed by atoms with van der Waals surface area (Å²) < 4.78 is 0. The van der Waals surface area contributed by atoms with Gasteiger partial charge >= 0.3 is 0 Å². The standard InChI is InChI=1S/C15H28O2/c1-3-5-10-7-8-11-9-12(6-4-2)15(17)13(11)14(10)16/h10-17H,3-9H2,1-2H3/t10-,11?,12+,13?,14?,15?/m0/s1. The molecule has 0 saturated heterocycles. The lowest BCUT2D eigenvalue weighted by Gasteiger charge is -2.38. The summed E-state index contributed by atoms with van der Waals surface area (Å²) in [5.41, 5.74) is 0. The molecule has 2 fully saturated rings. The van der Waals surface area contributed by atoms with Crippen molar-refractivity contribution in [3.63, 3.8) is 0 Å². The minimum Gasteiger partial charge on any atom is -0.392 e. The number of fused-ring (bicyclic) bond motifs is 1. The largest absolute Gasteiger partial charge is 0.392 e. The monoisotopic (exact) mass is 240 g/mol. The van der Waals surface area contributed by atoms with E-state index < -0.39 is 0 Å². The van der Waals surface area contributed by atoms with Crippen molar-refractivity contribution >= 4 is 0 Å². The Morgan fingerprint density at radius 3 is 2.12 bits per heavy atom. The van der Waals surface area contributed by atoms with Crippen LogP contribution in [0.5, 0.6) is 0 Å². The molecule has 2 aliphatic carbocycles. The lowest BCUT2D eigenvalue weighted by atomic mass is 9.71. The van der Waals surface area contributed by atoms with Gasteiger partial charge in [-0.25, -0.2) is 0 Å². The molecule has 0 aliphatic heterocycles. The SMILES string of the molecule is CCC[C@H]1CCC2C[C@@H](CCC)C(O)C2C1O. The highest BCUT2D eigenvalue weighted by Gasteiger charge is 2.49. The van der Waals surface area contributed by atoms with Gasteiger partial charge < -0.3 is 10.2 Å². The Labute approximate surface area is 105 Å². The molecule has 2 N–H and O–H groups in total. The molecule has 0 amide bonds. The van der Waals surface area contributed by atoms with Crippen molar-refractivity contribution in [2.75, 3.05) is 0 Å². The van der Waals surface area contributed by atoms with Crippen LogP contribution in [0.2, 0.25) is 0 Å². The molecule has 0 aromatic carbocycles. The van der Waals surface area contributed by atoms with E-state index in [1.165, 1.54) is 12.8 Å². The van der Waals surface area contributed by atoms with Gasteiger partial charge in [0.1, 0.15) is 0 Å². The third-order valence-electron chi connectivity index (χ3n) is 5.13. The maximum atomic E-state index is 10.5. The summed E-state index contributed by atoms with van der Waals surface area (Å²) in [6.45, 7) is 4.37. The highest BCUT2D eigenvalue weighted by molar-refractivity contribution is 4.99. The molecule has 0 heterocycles. The highest BCUT2D eigenvalue weighted by Crippen LogP contribution is 2.49. The summed E-state index contributed by atoms with van der Waals surface area (Å²) >= 11 is 0. The molecule has 2 nitrogen and oxygen atoms in total. The fourth-order valence-electron chi connectivity index (χ4n) is 4.33. The van der Waals surface area contributed by atoms with Crippen LogP contribution in [-0.2, 0) is 0 Å². The van der Waals surface area contributed by atoms with Crippen LogP contribution in [0.25, 0.3) is 0 Å². The molecule has 2 saturated carbocycles. The van der Waals surface area contributed by atoms with Crippen LogP contribution in [0.3, 0.4) is 0 Å². The molecule has 4 unspecified atom stereocenters. The second kappa shape index (κ2) is 5.71. The zero-order valence-corrected chi connectivity index (χ0v) is 11.3. The zero-order valence-electron chi connectivity index (χ0n) is 11.3. The third kappa shape index (κ3) is 2.53. The number of aliphatic hydroxyl groups excluding tert-OH is 2. The average Bonchev–Trinajstić information content (AvgIpc) is 2.62. The van der Waals surface area contributed by atoms with E-state index in [4.69, 9.17) is 0 Å². The lowest BCUT2D eigenvalue weighted by molar-refractivity contribution is -0.0560. The van der Waals surface area contributed by atoms with Crippen LogP contribution >= 0.6 is 0 Å². The van der Waals surface area contributed by atoms with E-state index >= 15 is 0 Å². The molecule has 6 atom stereocenters. The van der Waals surface area contributed by atoms with E-state index in [1.54, 1.807) is 0 Å². The molecule has 100 valence electrons. The Bertz CT molecular complexity index is 237. The van der Waals surface area contributed by atoms with E-state index in [2.05, 4.69) is 13.8 Å². The Balaban J connectivity index is 2.02. The first-order valence-electron chi connectivity index (χ1n) is 7.55. The molecule has 0 radical (unpaired) electrons. The van der Waals surface area contributed by atoms with Crippen LogP contribution in [0.4, 0.5) is 0 Å². The number of aliphatic hydroxyl groups is 2. The van der Waals surface area contributed by atoms with Crippen LogP contribution in [0.15, 0.2) is 0 Å². The Kier molecular flexibility index (Phi) is 4.48. The summed E-state index contributed by atoms with van der Waals surface area (Å²) in [4.78, 5) is 0. The van der Waals surface area contributed by atoms with Crippen LogP contribution in [-0.4, -0.2) is 22.4 Å². The van der Waals surface area contributed by atoms with Crippen molar-refractivity contribution < 1.29 is 10.2 Å². The Morgan fingerprint density at radius 1 is 0.882 bits per heavy atom. The van der Waals surface area contributed by atoms with Crippen LogP contribution in [0, 0.1) is 23.7 Å². The van der Waals surface area contributed by atoms with Crippen molar-refractivity contribution in [3.05, 3.63) is 0 Å². The van der Waals surface area contributed by atoms with Gasteiger partial charge in [-0.05, 0) is 49.9 Å². The summed E-state index contributed by atoms with van der Waals surface area (Å²) in [6.07, 6.45) is 7.60. The third-order valence-corrected chi connectivity index (χ3v) is 5.13. The van der Waals surface area contributed by atoms with Crippen molar-refractivity contribution in [1.29, 1.82) is 0 Å². The molecule has 2 aliphatic rings. The van der Waals surface area contributed by atoms with E-state index in [0.29, 0.717) is 17.8 Å². The Hall–Kier alpha value is -0.0800. The lowest BCUT2D eigenvalue weighted by Crippen LogP contribution is -2.42. The molecule has 0 bridgehead atoms. The van der Waals surface area contributed by atoms with Crippen molar-refractivity contribution in [3.8, 4) is 0 Å². The molecular formula is C15H28O2. The van der Waals surface area contributed by atoms with Gasteiger partial charge in [-0.15, -0.1) is 0 Å². The molecule has 17 heavy (non-hydrogen) atoms. The van der Waals surface area contributed by atoms with Crippen molar-refractivity contribution in [2.24, 2.45) is 23.7 Å². The molecule has 2 heteroatoms. The molecule has 0 spiro atoms. The summed E-state index contributed by atoms with van der Waals surface area (Å²) in [7, 11) is 0. The van der Waals surface area contributed by atoms with Crippen LogP contribution in [0.1, 0.15) is 58.8 Å². The zero-order chi connectivity index (χ0) is 12.4. The predicted octanol–water partition coefficient (Wildman–Crippen LogP) is 2.97. The van der Waals surface area contributed by atoms with Gasteiger partial charge in [-0.3, -0.25) is 0 Å². The maximum Gasteiger partial charge on any atom is 0.0624 e. The second-order valence-corrected chi connectivity index (χ2v) is 6.23. The molecule has 0 aromatic rings.